The van der Waals surface area contributed by atoms with Gasteiger partial charge in [-0.3, -0.25) is 0 Å². The molecular weight excluding hydrogens is 699 g/mol. The average molecular weight is 752 g/mol. The molecule has 0 heterocycles. The largest absolute Gasteiger partial charge is 0.310 e. The third kappa shape index (κ3) is 5.22. The van der Waals surface area contributed by atoms with Gasteiger partial charge in [-0.25, -0.2) is 0 Å². The first-order valence-electron chi connectivity index (χ1n) is 21.5. The Morgan fingerprint density at radius 1 is 0.431 bits per heavy atom. The van der Waals surface area contributed by atoms with E-state index in [1.165, 1.54) is 99.8 Å². The van der Waals surface area contributed by atoms with Crippen molar-refractivity contribution in [2.45, 2.75) is 84.0 Å². The predicted octanol–water partition coefficient (Wildman–Crippen LogP) is 16.2. The normalized spacial score (nSPS) is 14.6. The van der Waals surface area contributed by atoms with Gasteiger partial charge in [-0.1, -0.05) is 164 Å². The first-order chi connectivity index (χ1) is 28.1. The van der Waals surface area contributed by atoms with Crippen LogP contribution in [-0.4, -0.2) is 0 Å². The van der Waals surface area contributed by atoms with Crippen LogP contribution < -0.4 is 4.90 Å². The summed E-state index contributed by atoms with van der Waals surface area (Å²) in [5, 5.41) is 5.10. The third-order valence-electron chi connectivity index (χ3n) is 14.5. The standard InChI is InChI=1S/C57H53N/c1-8-57(9-2,10-3)40-27-29-41(30-28-40)58(42-31-32-50-48(36-42)47-34-38-19-11-12-20-39(38)35-51(47)55(50,4)5)52-33-26-37-18-13-14-21-43(37)53(52)46-24-17-23-45-44-22-15-16-25-49(44)56(6,7)54(45)46/h11-36H,8-10H2,1-7H3. The summed E-state index contributed by atoms with van der Waals surface area (Å²) in [5.74, 6) is 0. The highest BCUT2D eigenvalue weighted by Crippen LogP contribution is 2.56. The SMILES string of the molecule is CCC(CC)(CC)c1ccc(N(c2ccc3c(c2)-c2cc4ccccc4cc2C3(C)C)c2ccc3ccccc3c2-c2cccc3c2C(C)(C)c2ccccc2-3)cc1. The van der Waals surface area contributed by atoms with Gasteiger partial charge >= 0.3 is 0 Å². The molecule has 2 aliphatic carbocycles. The number of hydrogen-bond donors (Lipinski definition) is 0. The Hall–Kier alpha value is -5.92. The van der Waals surface area contributed by atoms with Crippen LogP contribution in [0.2, 0.25) is 0 Å². The van der Waals surface area contributed by atoms with Gasteiger partial charge < -0.3 is 4.90 Å². The molecule has 0 aliphatic heterocycles. The van der Waals surface area contributed by atoms with Gasteiger partial charge in [0.1, 0.15) is 0 Å². The van der Waals surface area contributed by atoms with E-state index in [2.05, 4.69) is 211 Å². The van der Waals surface area contributed by atoms with Crippen molar-refractivity contribution in [2.75, 3.05) is 4.90 Å². The molecule has 0 fully saturated rings. The van der Waals surface area contributed by atoms with Crippen molar-refractivity contribution < 1.29 is 0 Å². The minimum atomic E-state index is -0.168. The van der Waals surface area contributed by atoms with Crippen LogP contribution in [0.25, 0.3) is 54.9 Å². The lowest BCUT2D eigenvalue weighted by Gasteiger charge is -2.33. The molecule has 58 heavy (non-hydrogen) atoms. The maximum absolute atomic E-state index is 2.55. The van der Waals surface area contributed by atoms with E-state index >= 15 is 0 Å². The van der Waals surface area contributed by atoms with Crippen molar-refractivity contribution in [1.82, 2.24) is 0 Å². The van der Waals surface area contributed by atoms with E-state index < -0.39 is 0 Å². The topological polar surface area (TPSA) is 3.24 Å². The number of nitrogens with zero attached hydrogens (tertiary/aromatic N) is 1. The molecule has 286 valence electrons. The third-order valence-corrected chi connectivity index (χ3v) is 14.5. The summed E-state index contributed by atoms with van der Waals surface area (Å²) < 4.78 is 0. The summed E-state index contributed by atoms with van der Waals surface area (Å²) in [6.07, 6.45) is 3.39. The van der Waals surface area contributed by atoms with Crippen LogP contribution in [0.5, 0.6) is 0 Å². The average Bonchev–Trinajstić information content (AvgIpc) is 3.63. The molecule has 0 saturated carbocycles. The molecule has 2 aliphatic rings. The van der Waals surface area contributed by atoms with E-state index in [1.54, 1.807) is 0 Å². The summed E-state index contributed by atoms with van der Waals surface area (Å²) in [5.41, 5.74) is 18.4. The molecule has 0 bridgehead atoms. The van der Waals surface area contributed by atoms with Gasteiger partial charge in [0.2, 0.25) is 0 Å². The molecule has 10 rings (SSSR count). The summed E-state index contributed by atoms with van der Waals surface area (Å²) >= 11 is 0. The van der Waals surface area contributed by atoms with Crippen LogP contribution in [0, 0.1) is 0 Å². The molecule has 0 spiro atoms. The van der Waals surface area contributed by atoms with E-state index in [0.717, 1.165) is 19.3 Å². The van der Waals surface area contributed by atoms with Gasteiger partial charge in [0.15, 0.2) is 0 Å². The molecule has 0 unspecified atom stereocenters. The minimum Gasteiger partial charge on any atom is -0.310 e. The molecule has 0 amide bonds. The molecule has 1 nitrogen and oxygen atoms in total. The monoisotopic (exact) mass is 751 g/mol. The maximum Gasteiger partial charge on any atom is 0.0546 e. The van der Waals surface area contributed by atoms with Gasteiger partial charge in [-0.15, -0.1) is 0 Å². The van der Waals surface area contributed by atoms with Crippen molar-refractivity contribution in [3.8, 4) is 33.4 Å². The molecule has 0 saturated heterocycles. The highest BCUT2D eigenvalue weighted by atomic mass is 15.1. The predicted molar refractivity (Wildman–Crippen MR) is 249 cm³/mol. The highest BCUT2D eigenvalue weighted by Gasteiger charge is 2.39. The first kappa shape index (κ1) is 36.4. The van der Waals surface area contributed by atoms with Crippen LogP contribution >= 0.6 is 0 Å². The zero-order valence-corrected chi connectivity index (χ0v) is 35.1. The molecule has 0 atom stereocenters. The van der Waals surface area contributed by atoms with Crippen LogP contribution in [0.3, 0.4) is 0 Å². The van der Waals surface area contributed by atoms with Gasteiger partial charge in [-0.2, -0.15) is 0 Å². The van der Waals surface area contributed by atoms with Crippen LogP contribution in [0.1, 0.15) is 95.5 Å². The number of anilines is 3. The summed E-state index contributed by atoms with van der Waals surface area (Å²) in [6, 6.07) is 60.2. The Bertz CT molecular complexity index is 2890. The van der Waals surface area contributed by atoms with Crippen molar-refractivity contribution in [1.29, 1.82) is 0 Å². The second kappa shape index (κ2) is 13.3. The zero-order chi connectivity index (χ0) is 40.0. The van der Waals surface area contributed by atoms with Crippen molar-refractivity contribution in [3.05, 3.63) is 186 Å². The van der Waals surface area contributed by atoms with Gasteiger partial charge in [0.05, 0.1) is 5.69 Å². The molecule has 8 aromatic carbocycles. The fraction of sp³-hybridized carbons (Fsp3) is 0.228. The van der Waals surface area contributed by atoms with Crippen LogP contribution in [0.15, 0.2) is 158 Å². The molecule has 0 N–H and O–H groups in total. The van der Waals surface area contributed by atoms with Crippen molar-refractivity contribution in [3.63, 3.8) is 0 Å². The minimum absolute atomic E-state index is 0.108. The van der Waals surface area contributed by atoms with Crippen LogP contribution in [0.4, 0.5) is 17.1 Å². The smallest absolute Gasteiger partial charge is 0.0546 e. The van der Waals surface area contributed by atoms with Gasteiger partial charge in [0, 0.05) is 27.8 Å². The fourth-order valence-electron chi connectivity index (χ4n) is 11.1. The fourth-order valence-corrected chi connectivity index (χ4v) is 11.1. The van der Waals surface area contributed by atoms with Gasteiger partial charge in [0.25, 0.3) is 0 Å². The Balaban J connectivity index is 1.26. The van der Waals surface area contributed by atoms with E-state index in [9.17, 15) is 0 Å². The summed E-state index contributed by atoms with van der Waals surface area (Å²) in [4.78, 5) is 2.55. The van der Waals surface area contributed by atoms with Crippen molar-refractivity contribution >= 4 is 38.6 Å². The number of rotatable bonds is 8. The van der Waals surface area contributed by atoms with E-state index in [1.807, 2.05) is 0 Å². The molecular formula is C57H53N. The first-order valence-corrected chi connectivity index (χ1v) is 21.5. The quantitative estimate of drug-likeness (QED) is 0.149. The van der Waals surface area contributed by atoms with Gasteiger partial charge in [-0.05, 0) is 144 Å². The Kier molecular flexibility index (Phi) is 8.36. The summed E-state index contributed by atoms with van der Waals surface area (Å²) in [6.45, 7) is 16.6. The lowest BCUT2D eigenvalue weighted by molar-refractivity contribution is 0.382. The van der Waals surface area contributed by atoms with E-state index in [-0.39, 0.29) is 16.2 Å². The highest BCUT2D eigenvalue weighted by molar-refractivity contribution is 6.08. The lowest BCUT2D eigenvalue weighted by Crippen LogP contribution is -2.23. The second-order valence-electron chi connectivity index (χ2n) is 17.9. The van der Waals surface area contributed by atoms with Crippen LogP contribution in [-0.2, 0) is 16.2 Å². The second-order valence-corrected chi connectivity index (χ2v) is 17.9. The lowest BCUT2D eigenvalue weighted by atomic mass is 9.74. The number of benzene rings is 8. The number of hydrogen-bond acceptors (Lipinski definition) is 1. The Morgan fingerprint density at radius 3 is 1.76 bits per heavy atom. The van der Waals surface area contributed by atoms with Crippen molar-refractivity contribution in [2.24, 2.45) is 0 Å². The Morgan fingerprint density at radius 2 is 1.02 bits per heavy atom. The zero-order valence-electron chi connectivity index (χ0n) is 35.1. The molecule has 8 aromatic rings. The molecule has 0 radical (unpaired) electrons. The molecule has 0 aromatic heterocycles. The van der Waals surface area contributed by atoms with E-state index in [4.69, 9.17) is 0 Å². The maximum atomic E-state index is 2.55. The summed E-state index contributed by atoms with van der Waals surface area (Å²) in [7, 11) is 0. The Labute approximate surface area is 345 Å². The molecule has 1 heteroatoms. The van der Waals surface area contributed by atoms with E-state index in [0.29, 0.717) is 0 Å². The number of fused-ring (bicyclic) bond motifs is 8.